The van der Waals surface area contributed by atoms with Crippen LogP contribution in [0.4, 0.5) is 11.4 Å². The van der Waals surface area contributed by atoms with Crippen molar-refractivity contribution in [2.24, 2.45) is 5.11 Å². The molecule has 1 rings (SSSR count). The predicted octanol–water partition coefficient (Wildman–Crippen LogP) is 2.48. The molecule has 0 aromatic heterocycles. The summed E-state index contributed by atoms with van der Waals surface area (Å²) in [5.41, 5.74) is 22.6. The highest BCUT2D eigenvalue weighted by Crippen LogP contribution is 2.21. The molecule has 0 bridgehead atoms. The Bertz CT molecular complexity index is 430. The van der Waals surface area contributed by atoms with Gasteiger partial charge in [-0.15, -0.1) is 0 Å². The van der Waals surface area contributed by atoms with E-state index in [-0.39, 0.29) is 0 Å². The topological polar surface area (TPSA) is 101 Å². The van der Waals surface area contributed by atoms with Crippen molar-refractivity contribution in [1.82, 2.24) is 0 Å². The zero-order chi connectivity index (χ0) is 11.3. The van der Waals surface area contributed by atoms with Gasteiger partial charge in [0.25, 0.3) is 0 Å². The van der Waals surface area contributed by atoms with Gasteiger partial charge in [0.1, 0.15) is 0 Å². The van der Waals surface area contributed by atoms with E-state index in [4.69, 9.17) is 17.0 Å². The second-order valence-corrected chi connectivity index (χ2v) is 3.15. The Balaban J connectivity index is 2.90. The Morgan fingerprint density at radius 2 is 2.07 bits per heavy atom. The highest BCUT2D eigenvalue weighted by molar-refractivity contribution is 5.70. The minimum atomic E-state index is 0.334. The third kappa shape index (κ3) is 2.93. The van der Waals surface area contributed by atoms with Gasteiger partial charge in [-0.25, -0.2) is 0 Å². The molecule has 0 saturated carbocycles. The summed E-state index contributed by atoms with van der Waals surface area (Å²) in [7, 11) is 0. The molecule has 0 spiro atoms. The van der Waals surface area contributed by atoms with Crippen molar-refractivity contribution in [3.8, 4) is 0 Å². The van der Waals surface area contributed by atoms with Crippen molar-refractivity contribution in [3.63, 3.8) is 0 Å². The molecule has 0 amide bonds. The number of aryl methyl sites for hydroxylation is 1. The van der Waals surface area contributed by atoms with E-state index in [1.54, 1.807) is 12.1 Å². The molecule has 5 heteroatoms. The standard InChI is InChI=1S/C10H13N5/c1-7-5-9(11)10(12)6-8(7)3-2-4-14-15-13/h2-3,5-6H,4,11-12H2,1H3. The molecule has 1 aromatic rings. The Morgan fingerprint density at radius 3 is 2.73 bits per heavy atom. The number of nitrogens with two attached hydrogens (primary N) is 2. The zero-order valence-electron chi connectivity index (χ0n) is 8.51. The molecule has 4 N–H and O–H groups in total. The van der Waals surface area contributed by atoms with Gasteiger partial charge >= 0.3 is 0 Å². The minimum absolute atomic E-state index is 0.334. The summed E-state index contributed by atoms with van der Waals surface area (Å²) in [5, 5.41) is 3.39. The van der Waals surface area contributed by atoms with Gasteiger partial charge in [-0.05, 0) is 35.7 Å². The normalized spacial score (nSPS) is 10.2. The van der Waals surface area contributed by atoms with Gasteiger partial charge in [0.05, 0.1) is 11.4 Å². The van der Waals surface area contributed by atoms with Crippen LogP contribution in [0.25, 0.3) is 16.5 Å². The van der Waals surface area contributed by atoms with Crippen LogP contribution in [-0.2, 0) is 0 Å². The Hall–Kier alpha value is -2.13. The van der Waals surface area contributed by atoms with Crippen molar-refractivity contribution in [1.29, 1.82) is 0 Å². The largest absolute Gasteiger partial charge is 0.397 e. The monoisotopic (exact) mass is 203 g/mol. The van der Waals surface area contributed by atoms with Crippen LogP contribution in [0.2, 0.25) is 0 Å². The zero-order valence-corrected chi connectivity index (χ0v) is 8.51. The highest BCUT2D eigenvalue weighted by atomic mass is 15.1. The van der Waals surface area contributed by atoms with E-state index in [2.05, 4.69) is 10.0 Å². The maximum Gasteiger partial charge on any atom is 0.0553 e. The second kappa shape index (κ2) is 4.93. The third-order valence-corrected chi connectivity index (χ3v) is 2.02. The van der Waals surface area contributed by atoms with Crippen LogP contribution in [-0.4, -0.2) is 6.54 Å². The van der Waals surface area contributed by atoms with Gasteiger partial charge in [-0.2, -0.15) is 0 Å². The molecule has 0 aliphatic heterocycles. The summed E-state index contributed by atoms with van der Waals surface area (Å²) in [6.45, 7) is 2.28. The first-order valence-electron chi connectivity index (χ1n) is 4.48. The summed E-state index contributed by atoms with van der Waals surface area (Å²) < 4.78 is 0. The summed E-state index contributed by atoms with van der Waals surface area (Å²) in [6, 6.07) is 3.62. The van der Waals surface area contributed by atoms with Gasteiger partial charge in [0.2, 0.25) is 0 Å². The quantitative estimate of drug-likeness (QED) is 0.341. The smallest absolute Gasteiger partial charge is 0.0553 e. The lowest BCUT2D eigenvalue weighted by Gasteiger charge is -2.05. The SMILES string of the molecule is Cc1cc(N)c(N)cc1C=CCN=[N+]=[N-]. The Labute approximate surface area is 88.0 Å². The van der Waals surface area contributed by atoms with Gasteiger partial charge in [-0.3, -0.25) is 0 Å². The molecule has 5 nitrogen and oxygen atoms in total. The number of azide groups is 1. The molecule has 78 valence electrons. The van der Waals surface area contributed by atoms with Crippen molar-refractivity contribution < 1.29 is 0 Å². The maximum atomic E-state index is 8.09. The average Bonchev–Trinajstić information content (AvgIpc) is 2.20. The lowest BCUT2D eigenvalue weighted by atomic mass is 10.1. The molecule has 0 saturated heterocycles. The maximum absolute atomic E-state index is 8.09. The predicted molar refractivity (Wildman–Crippen MR) is 63.1 cm³/mol. The molecule has 15 heavy (non-hydrogen) atoms. The Kier molecular flexibility index (Phi) is 3.60. The molecule has 0 unspecified atom stereocenters. The fraction of sp³-hybridized carbons (Fsp3) is 0.200. The minimum Gasteiger partial charge on any atom is -0.397 e. The van der Waals surface area contributed by atoms with Crippen LogP contribution in [0.3, 0.4) is 0 Å². The van der Waals surface area contributed by atoms with Gasteiger partial charge < -0.3 is 11.5 Å². The highest BCUT2D eigenvalue weighted by Gasteiger charge is 1.99. The number of nitrogens with zero attached hydrogens (tertiary/aromatic N) is 3. The first kappa shape index (κ1) is 10.9. The molecule has 0 heterocycles. The molecular weight excluding hydrogens is 190 g/mol. The number of nitrogen functional groups attached to an aromatic ring is 2. The van der Waals surface area contributed by atoms with E-state index in [9.17, 15) is 0 Å². The molecule has 1 aromatic carbocycles. The number of rotatable bonds is 3. The van der Waals surface area contributed by atoms with E-state index in [0.717, 1.165) is 11.1 Å². The van der Waals surface area contributed by atoms with Crippen molar-refractivity contribution in [2.75, 3.05) is 18.0 Å². The van der Waals surface area contributed by atoms with Crippen LogP contribution >= 0.6 is 0 Å². The van der Waals surface area contributed by atoms with E-state index < -0.39 is 0 Å². The summed E-state index contributed by atoms with van der Waals surface area (Å²) in [6.07, 6.45) is 3.64. The molecule has 0 radical (unpaired) electrons. The third-order valence-electron chi connectivity index (χ3n) is 2.02. The number of benzene rings is 1. The number of hydrogen-bond donors (Lipinski definition) is 2. The second-order valence-electron chi connectivity index (χ2n) is 3.15. The number of hydrogen-bond acceptors (Lipinski definition) is 3. The molecule has 0 aliphatic carbocycles. The molecule has 0 aliphatic rings. The first-order chi connectivity index (χ1) is 7.15. The van der Waals surface area contributed by atoms with Crippen LogP contribution in [0, 0.1) is 6.92 Å². The fourth-order valence-corrected chi connectivity index (χ4v) is 1.21. The average molecular weight is 203 g/mol. The molecule has 0 atom stereocenters. The number of anilines is 2. The van der Waals surface area contributed by atoms with E-state index in [1.807, 2.05) is 19.1 Å². The lowest BCUT2D eigenvalue weighted by molar-refractivity contribution is 1.22. The van der Waals surface area contributed by atoms with Gasteiger partial charge in [-0.1, -0.05) is 17.3 Å². The van der Waals surface area contributed by atoms with Crippen molar-refractivity contribution in [2.45, 2.75) is 6.92 Å². The molecular formula is C10H13N5. The molecule has 0 fully saturated rings. The van der Waals surface area contributed by atoms with Crippen LogP contribution in [0.1, 0.15) is 11.1 Å². The van der Waals surface area contributed by atoms with E-state index in [0.29, 0.717) is 17.9 Å². The van der Waals surface area contributed by atoms with Gasteiger partial charge in [0.15, 0.2) is 0 Å². The van der Waals surface area contributed by atoms with Crippen molar-refractivity contribution in [3.05, 3.63) is 39.8 Å². The fourth-order valence-electron chi connectivity index (χ4n) is 1.21. The summed E-state index contributed by atoms with van der Waals surface area (Å²) in [5.74, 6) is 0. The first-order valence-corrected chi connectivity index (χ1v) is 4.48. The summed E-state index contributed by atoms with van der Waals surface area (Å²) in [4.78, 5) is 2.65. The summed E-state index contributed by atoms with van der Waals surface area (Å²) >= 11 is 0. The van der Waals surface area contributed by atoms with Crippen LogP contribution < -0.4 is 11.5 Å². The van der Waals surface area contributed by atoms with E-state index >= 15 is 0 Å². The van der Waals surface area contributed by atoms with Crippen LogP contribution in [0.15, 0.2) is 23.3 Å². The lowest BCUT2D eigenvalue weighted by Crippen LogP contribution is -1.96. The Morgan fingerprint density at radius 1 is 1.40 bits per heavy atom. The van der Waals surface area contributed by atoms with Gasteiger partial charge in [0, 0.05) is 11.5 Å². The van der Waals surface area contributed by atoms with E-state index in [1.165, 1.54) is 0 Å². The van der Waals surface area contributed by atoms with Crippen LogP contribution in [0.5, 0.6) is 0 Å². The van der Waals surface area contributed by atoms with Crippen molar-refractivity contribution >= 4 is 17.5 Å².